The maximum absolute atomic E-state index is 13.6. The van der Waals surface area contributed by atoms with E-state index in [1.165, 1.54) is 17.7 Å². The van der Waals surface area contributed by atoms with Gasteiger partial charge in [-0.05, 0) is 78.5 Å². The molecule has 2 aromatic heterocycles. The Kier molecular flexibility index (Phi) is 7.90. The summed E-state index contributed by atoms with van der Waals surface area (Å²) in [5, 5.41) is 11.1. The van der Waals surface area contributed by atoms with Gasteiger partial charge in [-0.1, -0.05) is 23.7 Å². The van der Waals surface area contributed by atoms with Crippen molar-refractivity contribution in [3.63, 3.8) is 0 Å². The molecule has 0 spiro atoms. The molecule has 1 aliphatic heterocycles. The van der Waals surface area contributed by atoms with E-state index in [2.05, 4.69) is 26.7 Å². The highest BCUT2D eigenvalue weighted by Gasteiger charge is 2.39. The number of anilines is 1. The van der Waals surface area contributed by atoms with E-state index in [9.17, 15) is 13.2 Å². The normalized spacial score (nSPS) is 23.8. The van der Waals surface area contributed by atoms with Gasteiger partial charge in [0.2, 0.25) is 5.78 Å². The van der Waals surface area contributed by atoms with Gasteiger partial charge in [0.05, 0.1) is 21.8 Å². The van der Waals surface area contributed by atoms with Crippen LogP contribution in [-0.4, -0.2) is 42.6 Å². The number of benzene rings is 1. The summed E-state index contributed by atoms with van der Waals surface area (Å²) in [7, 11) is -3.96. The standard InChI is InChI=1S/C25H27ClN4O4S3/c26-19-4-1-3-17(10-19)25(7-2-8-36-25)18-11-22(35-14-18)23(31)21-12-28-15-29-24(21)30-20-6-5-16(9-20)13-34-37(27,32)33/h1,3-4,10-12,14-16,20H,2,5-9,13H2,(H2,27,32,33)(H,28,29,30)/t16-,20+,25?/m1/s1. The number of nitrogens with two attached hydrogens (primary N) is 1. The van der Waals surface area contributed by atoms with Crippen LogP contribution in [0.15, 0.2) is 48.2 Å². The van der Waals surface area contributed by atoms with E-state index in [1.54, 1.807) is 6.20 Å². The van der Waals surface area contributed by atoms with Gasteiger partial charge in [0.25, 0.3) is 0 Å². The topological polar surface area (TPSA) is 124 Å². The molecule has 0 amide bonds. The second-order valence-corrected chi connectivity index (χ2v) is 13.4. The first-order chi connectivity index (χ1) is 17.7. The minimum absolute atomic E-state index is 0.0374. The van der Waals surface area contributed by atoms with Gasteiger partial charge in [0, 0.05) is 17.3 Å². The van der Waals surface area contributed by atoms with Crippen LogP contribution in [0, 0.1) is 5.92 Å². The van der Waals surface area contributed by atoms with Crippen LogP contribution in [0.5, 0.6) is 0 Å². The molecule has 3 atom stereocenters. The van der Waals surface area contributed by atoms with Gasteiger partial charge in [-0.25, -0.2) is 15.1 Å². The van der Waals surface area contributed by atoms with Gasteiger partial charge in [0.1, 0.15) is 12.1 Å². The minimum atomic E-state index is -3.96. The van der Waals surface area contributed by atoms with Gasteiger partial charge in [-0.2, -0.15) is 8.42 Å². The lowest BCUT2D eigenvalue weighted by Crippen LogP contribution is -2.22. The molecule has 12 heteroatoms. The molecule has 2 fully saturated rings. The number of ketones is 1. The third-order valence-corrected chi connectivity index (χ3v) is 10.2. The van der Waals surface area contributed by atoms with Crippen LogP contribution in [0.25, 0.3) is 0 Å². The zero-order valence-electron chi connectivity index (χ0n) is 19.9. The second-order valence-electron chi connectivity index (χ2n) is 9.40. The summed E-state index contributed by atoms with van der Waals surface area (Å²) < 4.78 is 26.7. The largest absolute Gasteiger partial charge is 0.367 e. The lowest BCUT2D eigenvalue weighted by molar-refractivity contribution is 0.104. The molecular formula is C25H27ClN4O4S3. The summed E-state index contributed by atoms with van der Waals surface area (Å²) in [5.74, 6) is 1.46. The van der Waals surface area contributed by atoms with Crippen LogP contribution in [0.2, 0.25) is 5.02 Å². The zero-order valence-corrected chi connectivity index (χ0v) is 23.1. The van der Waals surface area contributed by atoms with Crippen molar-refractivity contribution in [2.24, 2.45) is 11.1 Å². The first-order valence-electron chi connectivity index (χ1n) is 12.0. The average molecular weight is 579 g/mol. The summed E-state index contributed by atoms with van der Waals surface area (Å²) in [5.41, 5.74) is 2.69. The number of nitrogens with one attached hydrogen (secondary N) is 1. The molecule has 1 saturated heterocycles. The number of hydrogen-bond donors (Lipinski definition) is 2. The molecular weight excluding hydrogens is 552 g/mol. The Balaban J connectivity index is 1.34. The molecule has 5 rings (SSSR count). The average Bonchev–Trinajstić information content (AvgIpc) is 3.63. The van der Waals surface area contributed by atoms with Crippen molar-refractivity contribution in [3.8, 4) is 0 Å². The van der Waals surface area contributed by atoms with Crippen molar-refractivity contribution in [2.45, 2.75) is 42.9 Å². The lowest BCUT2D eigenvalue weighted by atomic mass is 9.88. The number of nitrogens with zero attached hydrogens (tertiary/aromatic N) is 2. The van der Waals surface area contributed by atoms with Crippen molar-refractivity contribution >= 4 is 56.6 Å². The third-order valence-electron chi connectivity index (χ3n) is 6.91. The van der Waals surface area contributed by atoms with Crippen LogP contribution >= 0.6 is 34.7 Å². The molecule has 3 aromatic rings. The summed E-state index contributed by atoms with van der Waals surface area (Å²) in [6, 6.07) is 10.0. The second kappa shape index (κ2) is 11.0. The fraction of sp³-hybridized carbons (Fsp3) is 0.400. The molecule has 1 aliphatic carbocycles. The van der Waals surface area contributed by atoms with Gasteiger partial charge in [-0.3, -0.25) is 8.98 Å². The Morgan fingerprint density at radius 1 is 1.27 bits per heavy atom. The van der Waals surface area contributed by atoms with Crippen LogP contribution in [0.1, 0.15) is 58.5 Å². The molecule has 37 heavy (non-hydrogen) atoms. The number of thioether (sulfide) groups is 1. The Morgan fingerprint density at radius 3 is 2.89 bits per heavy atom. The van der Waals surface area contributed by atoms with E-state index < -0.39 is 10.3 Å². The molecule has 1 saturated carbocycles. The molecule has 0 bridgehead atoms. The SMILES string of the molecule is NS(=O)(=O)OC[C@@H]1CC[C@H](Nc2ncncc2C(=O)c2cc(C3(c4cccc(Cl)c4)CCCS3)cs2)C1. The maximum Gasteiger partial charge on any atom is 0.333 e. The van der Waals surface area contributed by atoms with Crippen molar-refractivity contribution in [1.29, 1.82) is 0 Å². The number of hydrogen-bond acceptors (Lipinski definition) is 9. The third kappa shape index (κ3) is 6.02. The monoisotopic (exact) mass is 578 g/mol. The number of rotatable bonds is 9. The van der Waals surface area contributed by atoms with Gasteiger partial charge in [-0.15, -0.1) is 23.1 Å². The predicted molar refractivity (Wildman–Crippen MR) is 148 cm³/mol. The van der Waals surface area contributed by atoms with Crippen LogP contribution in [0.4, 0.5) is 5.82 Å². The number of halogens is 1. The van der Waals surface area contributed by atoms with Crippen LogP contribution in [-0.2, 0) is 19.2 Å². The Bertz CT molecular complexity index is 1390. The van der Waals surface area contributed by atoms with E-state index in [1.807, 2.05) is 36.0 Å². The number of carbonyl (C=O) groups excluding carboxylic acids is 1. The van der Waals surface area contributed by atoms with Crippen molar-refractivity contribution in [1.82, 2.24) is 9.97 Å². The first-order valence-corrected chi connectivity index (χ1v) is 15.7. The minimum Gasteiger partial charge on any atom is -0.367 e. The highest BCUT2D eigenvalue weighted by atomic mass is 35.5. The number of aromatic nitrogens is 2. The molecule has 8 nitrogen and oxygen atoms in total. The van der Waals surface area contributed by atoms with Gasteiger partial charge in [0.15, 0.2) is 0 Å². The molecule has 1 unspecified atom stereocenters. The predicted octanol–water partition coefficient (Wildman–Crippen LogP) is 4.99. The molecule has 3 heterocycles. The summed E-state index contributed by atoms with van der Waals surface area (Å²) in [6.45, 7) is 0.0525. The lowest BCUT2D eigenvalue weighted by Gasteiger charge is -2.28. The van der Waals surface area contributed by atoms with E-state index in [0.29, 0.717) is 27.7 Å². The Morgan fingerprint density at radius 2 is 2.14 bits per heavy atom. The molecule has 0 radical (unpaired) electrons. The van der Waals surface area contributed by atoms with Crippen LogP contribution < -0.4 is 10.5 Å². The number of carbonyl (C=O) groups is 1. The Labute approximate surface area is 229 Å². The van der Waals surface area contributed by atoms with Gasteiger partial charge >= 0.3 is 10.3 Å². The molecule has 3 N–H and O–H groups in total. The van der Waals surface area contributed by atoms with Gasteiger partial charge < -0.3 is 5.32 Å². The zero-order chi connectivity index (χ0) is 26.0. The van der Waals surface area contributed by atoms with Crippen LogP contribution in [0.3, 0.4) is 0 Å². The summed E-state index contributed by atoms with van der Waals surface area (Å²) in [4.78, 5) is 22.7. The molecule has 2 aliphatic rings. The van der Waals surface area contributed by atoms with E-state index in [0.717, 1.165) is 42.6 Å². The smallest absolute Gasteiger partial charge is 0.333 e. The van der Waals surface area contributed by atoms with Crippen molar-refractivity contribution < 1.29 is 17.4 Å². The van der Waals surface area contributed by atoms with Crippen molar-refractivity contribution in [3.05, 3.63) is 74.8 Å². The molecule has 1 aromatic carbocycles. The Hall–Kier alpha value is -2.02. The fourth-order valence-electron chi connectivity index (χ4n) is 5.15. The van der Waals surface area contributed by atoms with E-state index >= 15 is 0 Å². The van der Waals surface area contributed by atoms with Crippen molar-refractivity contribution in [2.75, 3.05) is 17.7 Å². The molecule has 196 valence electrons. The summed E-state index contributed by atoms with van der Waals surface area (Å²) >= 11 is 9.65. The first kappa shape index (κ1) is 26.6. The quantitative estimate of drug-likeness (QED) is 0.340. The number of thiophene rings is 1. The summed E-state index contributed by atoms with van der Waals surface area (Å²) in [6.07, 6.45) is 7.33. The van der Waals surface area contributed by atoms with E-state index in [4.69, 9.17) is 20.9 Å². The fourth-order valence-corrected chi connectivity index (χ4v) is 8.24. The van der Waals surface area contributed by atoms with E-state index in [-0.39, 0.29) is 29.1 Å². The highest BCUT2D eigenvalue weighted by Crippen LogP contribution is 2.52. The highest BCUT2D eigenvalue weighted by molar-refractivity contribution is 8.00. The maximum atomic E-state index is 13.6.